The fraction of sp³-hybridized carbons (Fsp3) is 0.381. The first-order valence-corrected chi connectivity index (χ1v) is 9.77. The van der Waals surface area contributed by atoms with Gasteiger partial charge >= 0.3 is 0 Å². The van der Waals surface area contributed by atoms with Gasteiger partial charge in [0.2, 0.25) is 5.91 Å². The second kappa shape index (κ2) is 8.63. The summed E-state index contributed by atoms with van der Waals surface area (Å²) >= 11 is 3.42. The van der Waals surface area contributed by atoms with Crippen molar-refractivity contribution in [3.63, 3.8) is 0 Å². The average molecular weight is 401 g/mol. The van der Waals surface area contributed by atoms with Crippen LogP contribution in [0, 0.1) is 0 Å². The van der Waals surface area contributed by atoms with E-state index in [1.165, 1.54) is 11.1 Å². The molecule has 0 bridgehead atoms. The van der Waals surface area contributed by atoms with Crippen molar-refractivity contribution in [1.29, 1.82) is 0 Å². The summed E-state index contributed by atoms with van der Waals surface area (Å²) in [5, 5.41) is 3.13. The number of benzene rings is 2. The van der Waals surface area contributed by atoms with Gasteiger partial charge in [-0.1, -0.05) is 59.3 Å². The third-order valence-corrected chi connectivity index (χ3v) is 5.49. The lowest BCUT2D eigenvalue weighted by atomic mass is 9.98. The maximum absolute atomic E-state index is 12.3. The Morgan fingerprint density at radius 1 is 1.16 bits per heavy atom. The number of halogens is 1. The van der Waals surface area contributed by atoms with Gasteiger partial charge in [0, 0.05) is 30.1 Å². The van der Waals surface area contributed by atoms with Crippen molar-refractivity contribution >= 4 is 21.8 Å². The average Bonchev–Trinajstić information content (AvgIpc) is 2.64. The van der Waals surface area contributed by atoms with Crippen LogP contribution in [0.4, 0.5) is 0 Å². The molecule has 1 aliphatic heterocycles. The first kappa shape index (κ1) is 18.2. The number of amides is 1. The molecule has 1 unspecified atom stereocenters. The maximum atomic E-state index is 12.3. The number of rotatable bonds is 6. The molecule has 1 N–H and O–H groups in total. The van der Waals surface area contributed by atoms with Crippen molar-refractivity contribution in [2.75, 3.05) is 13.1 Å². The quantitative estimate of drug-likeness (QED) is 0.795. The lowest BCUT2D eigenvalue weighted by Gasteiger charge is -2.35. The van der Waals surface area contributed by atoms with E-state index < -0.39 is 0 Å². The molecule has 0 spiro atoms. The molecule has 0 aromatic heterocycles. The zero-order valence-electron chi connectivity index (χ0n) is 14.7. The second-order valence-corrected chi connectivity index (χ2v) is 7.57. The normalized spacial score (nSPS) is 15.4. The highest BCUT2D eigenvalue weighted by Crippen LogP contribution is 2.21. The van der Waals surface area contributed by atoms with Crippen molar-refractivity contribution in [2.45, 2.75) is 38.8 Å². The summed E-state index contributed by atoms with van der Waals surface area (Å²) in [6, 6.07) is 17.0. The first-order valence-electron chi connectivity index (χ1n) is 8.97. The van der Waals surface area contributed by atoms with Crippen LogP contribution in [-0.4, -0.2) is 29.9 Å². The largest absolute Gasteiger partial charge is 0.354 e. The van der Waals surface area contributed by atoms with Gasteiger partial charge in [-0.2, -0.15) is 0 Å². The number of carbonyl (C=O) groups is 1. The Labute approximate surface area is 158 Å². The van der Waals surface area contributed by atoms with Crippen LogP contribution in [0.3, 0.4) is 0 Å². The van der Waals surface area contributed by atoms with E-state index in [0.29, 0.717) is 19.0 Å². The van der Waals surface area contributed by atoms with E-state index in [2.05, 4.69) is 57.3 Å². The maximum Gasteiger partial charge on any atom is 0.224 e. The molecule has 1 heterocycles. The summed E-state index contributed by atoms with van der Waals surface area (Å²) in [5.74, 6) is 0.0955. The molecule has 0 fully saturated rings. The molecule has 1 aliphatic rings. The summed E-state index contributed by atoms with van der Waals surface area (Å²) in [6.45, 7) is 4.97. The highest BCUT2D eigenvalue weighted by atomic mass is 79.9. The molecule has 132 valence electrons. The Morgan fingerprint density at radius 2 is 1.88 bits per heavy atom. The zero-order chi connectivity index (χ0) is 17.6. The number of carbonyl (C=O) groups excluding carboxylic acids is 1. The third-order valence-electron chi connectivity index (χ3n) is 4.96. The minimum Gasteiger partial charge on any atom is -0.354 e. The molecule has 0 aliphatic carbocycles. The van der Waals surface area contributed by atoms with Crippen molar-refractivity contribution in [3.05, 3.63) is 69.7 Å². The van der Waals surface area contributed by atoms with Crippen LogP contribution in [0.25, 0.3) is 0 Å². The van der Waals surface area contributed by atoms with Gasteiger partial charge in [0.1, 0.15) is 0 Å². The first-order chi connectivity index (χ1) is 12.2. The van der Waals surface area contributed by atoms with Gasteiger partial charge in [0.15, 0.2) is 0 Å². The fourth-order valence-corrected chi connectivity index (χ4v) is 3.71. The second-order valence-electron chi connectivity index (χ2n) is 6.66. The number of nitrogens with zero attached hydrogens (tertiary/aromatic N) is 1. The Morgan fingerprint density at radius 3 is 2.60 bits per heavy atom. The molecule has 0 saturated carbocycles. The molecule has 4 heteroatoms. The number of nitrogens with one attached hydrogen (secondary N) is 1. The van der Waals surface area contributed by atoms with Gasteiger partial charge in [-0.3, -0.25) is 9.69 Å². The molecule has 0 saturated heterocycles. The van der Waals surface area contributed by atoms with Crippen LogP contribution in [0.15, 0.2) is 53.0 Å². The van der Waals surface area contributed by atoms with Crippen molar-refractivity contribution in [1.82, 2.24) is 10.2 Å². The summed E-state index contributed by atoms with van der Waals surface area (Å²) < 4.78 is 1.04. The van der Waals surface area contributed by atoms with Gasteiger partial charge in [0.05, 0.1) is 6.42 Å². The van der Waals surface area contributed by atoms with E-state index in [0.717, 1.165) is 36.0 Å². The van der Waals surface area contributed by atoms with Crippen LogP contribution < -0.4 is 5.32 Å². The highest BCUT2D eigenvalue weighted by molar-refractivity contribution is 9.10. The molecule has 1 atom stereocenters. The minimum atomic E-state index is 0.0955. The molecule has 1 amide bonds. The Hall–Kier alpha value is -1.65. The Bertz CT molecular complexity index is 714. The van der Waals surface area contributed by atoms with Gasteiger partial charge in [-0.15, -0.1) is 0 Å². The van der Waals surface area contributed by atoms with Crippen LogP contribution in [0.2, 0.25) is 0 Å². The van der Waals surface area contributed by atoms with Crippen molar-refractivity contribution < 1.29 is 4.79 Å². The lowest BCUT2D eigenvalue weighted by molar-refractivity contribution is -0.120. The summed E-state index contributed by atoms with van der Waals surface area (Å²) in [5.41, 5.74) is 3.93. The van der Waals surface area contributed by atoms with Gasteiger partial charge in [0.25, 0.3) is 0 Å². The Balaban J connectivity index is 1.52. The van der Waals surface area contributed by atoms with Crippen molar-refractivity contribution in [3.8, 4) is 0 Å². The van der Waals surface area contributed by atoms with Crippen LogP contribution in [-0.2, 0) is 24.2 Å². The van der Waals surface area contributed by atoms with E-state index in [1.54, 1.807) is 0 Å². The van der Waals surface area contributed by atoms with E-state index in [4.69, 9.17) is 0 Å². The predicted molar refractivity (Wildman–Crippen MR) is 105 cm³/mol. The number of hydrogen-bond acceptors (Lipinski definition) is 2. The van der Waals surface area contributed by atoms with Crippen LogP contribution in [0.5, 0.6) is 0 Å². The van der Waals surface area contributed by atoms with Gasteiger partial charge < -0.3 is 5.32 Å². The summed E-state index contributed by atoms with van der Waals surface area (Å²) in [4.78, 5) is 14.8. The standard InChI is InChI=1S/C21H25BrN2O/c1-2-20(24-12-11-17-5-3-4-6-18(17)15-24)14-23-21(25)13-16-7-9-19(22)10-8-16/h3-10,20H,2,11-15H2,1H3,(H,23,25). The zero-order valence-corrected chi connectivity index (χ0v) is 16.3. The number of fused-ring (bicyclic) bond motifs is 1. The minimum absolute atomic E-state index is 0.0955. The molecule has 0 radical (unpaired) electrons. The van der Waals surface area contributed by atoms with E-state index >= 15 is 0 Å². The molecule has 3 nitrogen and oxygen atoms in total. The monoisotopic (exact) mass is 400 g/mol. The molecule has 3 rings (SSSR count). The molecule has 25 heavy (non-hydrogen) atoms. The molecular formula is C21H25BrN2O. The predicted octanol–water partition coefficient (Wildman–Crippen LogP) is 3.94. The van der Waals surface area contributed by atoms with Crippen molar-refractivity contribution in [2.24, 2.45) is 0 Å². The Kier molecular flexibility index (Phi) is 6.27. The third kappa shape index (κ3) is 4.93. The summed E-state index contributed by atoms with van der Waals surface area (Å²) in [7, 11) is 0. The van der Waals surface area contributed by atoms with E-state index in [9.17, 15) is 4.79 Å². The van der Waals surface area contributed by atoms with E-state index in [-0.39, 0.29) is 5.91 Å². The molecular weight excluding hydrogens is 376 g/mol. The SMILES string of the molecule is CCC(CNC(=O)Cc1ccc(Br)cc1)N1CCc2ccccc2C1. The molecule has 2 aromatic carbocycles. The summed E-state index contributed by atoms with van der Waals surface area (Å²) in [6.07, 6.45) is 2.58. The molecule has 2 aromatic rings. The van der Waals surface area contributed by atoms with Gasteiger partial charge in [-0.05, 0) is 41.7 Å². The topological polar surface area (TPSA) is 32.3 Å². The fourth-order valence-electron chi connectivity index (χ4n) is 3.44. The highest BCUT2D eigenvalue weighted by Gasteiger charge is 2.22. The lowest BCUT2D eigenvalue weighted by Crippen LogP contribution is -2.46. The van der Waals surface area contributed by atoms with E-state index in [1.807, 2.05) is 24.3 Å². The van der Waals surface area contributed by atoms with Crippen LogP contribution in [0.1, 0.15) is 30.0 Å². The number of hydrogen-bond donors (Lipinski definition) is 1. The van der Waals surface area contributed by atoms with Gasteiger partial charge in [-0.25, -0.2) is 0 Å². The smallest absolute Gasteiger partial charge is 0.224 e. The van der Waals surface area contributed by atoms with Crippen LogP contribution >= 0.6 is 15.9 Å².